The molecule has 1 aromatic rings. The van der Waals surface area contributed by atoms with Gasteiger partial charge in [0.1, 0.15) is 5.82 Å². The normalized spacial score (nSPS) is 21.9. The summed E-state index contributed by atoms with van der Waals surface area (Å²) in [6.45, 7) is 10.0. The summed E-state index contributed by atoms with van der Waals surface area (Å²) in [5, 5.41) is 3.59. The van der Waals surface area contributed by atoms with Gasteiger partial charge in [0.25, 0.3) is 0 Å². The van der Waals surface area contributed by atoms with E-state index in [-0.39, 0.29) is 0 Å². The first-order chi connectivity index (χ1) is 8.29. The molecule has 0 spiro atoms. The summed E-state index contributed by atoms with van der Waals surface area (Å²) in [7, 11) is 0. The number of hydrogen-bond acceptors (Lipinski definition) is 3. The van der Waals surface area contributed by atoms with E-state index in [1.165, 1.54) is 25.9 Å². The van der Waals surface area contributed by atoms with E-state index in [0.717, 1.165) is 25.5 Å². The van der Waals surface area contributed by atoms with Gasteiger partial charge < -0.3 is 9.88 Å². The molecule has 0 bridgehead atoms. The third kappa shape index (κ3) is 3.54. The summed E-state index contributed by atoms with van der Waals surface area (Å²) in [4.78, 5) is 6.82. The van der Waals surface area contributed by atoms with Gasteiger partial charge in [0, 0.05) is 51.2 Å². The summed E-state index contributed by atoms with van der Waals surface area (Å²) < 4.78 is 2.23. The number of nitrogens with one attached hydrogen (secondary N) is 1. The highest BCUT2D eigenvalue weighted by Gasteiger charge is 2.17. The van der Waals surface area contributed by atoms with E-state index in [9.17, 15) is 0 Å². The summed E-state index contributed by atoms with van der Waals surface area (Å²) in [5.74, 6) is 1.12. The van der Waals surface area contributed by atoms with Crippen LogP contribution in [-0.4, -0.2) is 46.7 Å². The van der Waals surface area contributed by atoms with Crippen molar-refractivity contribution < 1.29 is 0 Å². The first kappa shape index (κ1) is 12.6. The minimum absolute atomic E-state index is 0.692. The molecule has 1 fully saturated rings. The molecule has 0 saturated carbocycles. The molecule has 1 aromatic heterocycles. The number of aromatic nitrogens is 2. The number of rotatable bonds is 5. The minimum atomic E-state index is 0.692. The number of nitrogens with zero attached hydrogens (tertiary/aromatic N) is 3. The largest absolute Gasteiger partial charge is 0.334 e. The van der Waals surface area contributed by atoms with Crippen molar-refractivity contribution in [3.63, 3.8) is 0 Å². The van der Waals surface area contributed by atoms with Gasteiger partial charge in [-0.05, 0) is 13.3 Å². The molecule has 1 saturated heterocycles. The van der Waals surface area contributed by atoms with Crippen molar-refractivity contribution in [2.24, 2.45) is 0 Å². The van der Waals surface area contributed by atoms with Crippen LogP contribution in [0.2, 0.25) is 0 Å². The minimum Gasteiger partial charge on any atom is -0.334 e. The van der Waals surface area contributed by atoms with E-state index in [1.54, 1.807) is 0 Å². The van der Waals surface area contributed by atoms with Crippen LogP contribution in [0.25, 0.3) is 0 Å². The average molecular weight is 236 g/mol. The van der Waals surface area contributed by atoms with Crippen LogP contribution < -0.4 is 5.32 Å². The Kier molecular flexibility index (Phi) is 4.57. The summed E-state index contributed by atoms with van der Waals surface area (Å²) in [6.07, 6.45) is 6.51. The van der Waals surface area contributed by atoms with Gasteiger partial charge in [-0.15, -0.1) is 0 Å². The SMILES string of the molecule is CCCC1CN(CCn2ccnc2C)CCN1. The van der Waals surface area contributed by atoms with Crippen LogP contribution in [0.4, 0.5) is 0 Å². The smallest absolute Gasteiger partial charge is 0.105 e. The van der Waals surface area contributed by atoms with E-state index >= 15 is 0 Å². The van der Waals surface area contributed by atoms with Gasteiger partial charge in [0.15, 0.2) is 0 Å². The van der Waals surface area contributed by atoms with E-state index in [0.29, 0.717) is 6.04 Å². The molecule has 4 nitrogen and oxygen atoms in total. The molecule has 1 N–H and O–H groups in total. The van der Waals surface area contributed by atoms with Gasteiger partial charge >= 0.3 is 0 Å². The van der Waals surface area contributed by atoms with E-state index in [2.05, 4.69) is 39.8 Å². The molecule has 2 heterocycles. The van der Waals surface area contributed by atoms with Crippen molar-refractivity contribution in [1.29, 1.82) is 0 Å². The predicted molar refractivity (Wildman–Crippen MR) is 70.1 cm³/mol. The second kappa shape index (κ2) is 6.17. The highest BCUT2D eigenvalue weighted by atomic mass is 15.2. The van der Waals surface area contributed by atoms with Crippen LogP contribution in [0.5, 0.6) is 0 Å². The second-order valence-corrected chi connectivity index (χ2v) is 4.91. The third-order valence-corrected chi connectivity index (χ3v) is 3.56. The molecule has 0 radical (unpaired) electrons. The molecule has 1 unspecified atom stereocenters. The van der Waals surface area contributed by atoms with Crippen molar-refractivity contribution in [1.82, 2.24) is 19.8 Å². The Labute approximate surface area is 104 Å². The molecular weight excluding hydrogens is 212 g/mol. The number of imidazole rings is 1. The lowest BCUT2D eigenvalue weighted by atomic mass is 10.1. The molecule has 1 atom stereocenters. The molecule has 17 heavy (non-hydrogen) atoms. The molecule has 4 heteroatoms. The zero-order chi connectivity index (χ0) is 12.1. The summed E-state index contributed by atoms with van der Waals surface area (Å²) in [5.41, 5.74) is 0. The Hall–Kier alpha value is -0.870. The van der Waals surface area contributed by atoms with Gasteiger partial charge in [0.05, 0.1) is 0 Å². The Morgan fingerprint density at radius 2 is 2.35 bits per heavy atom. The Balaban J connectivity index is 1.77. The first-order valence-corrected chi connectivity index (χ1v) is 6.73. The van der Waals surface area contributed by atoms with Crippen molar-refractivity contribution in [3.05, 3.63) is 18.2 Å². The maximum Gasteiger partial charge on any atom is 0.105 e. The van der Waals surface area contributed by atoms with E-state index < -0.39 is 0 Å². The van der Waals surface area contributed by atoms with Crippen molar-refractivity contribution in [2.45, 2.75) is 39.3 Å². The van der Waals surface area contributed by atoms with Gasteiger partial charge in [-0.2, -0.15) is 0 Å². The average Bonchev–Trinajstić information content (AvgIpc) is 2.73. The first-order valence-electron chi connectivity index (χ1n) is 6.73. The van der Waals surface area contributed by atoms with Crippen LogP contribution in [0.15, 0.2) is 12.4 Å². The van der Waals surface area contributed by atoms with Gasteiger partial charge in [-0.25, -0.2) is 4.98 Å². The van der Waals surface area contributed by atoms with Gasteiger partial charge in [0.2, 0.25) is 0 Å². The number of hydrogen-bond donors (Lipinski definition) is 1. The van der Waals surface area contributed by atoms with Crippen LogP contribution in [-0.2, 0) is 6.54 Å². The molecule has 2 rings (SSSR count). The maximum absolute atomic E-state index is 4.26. The standard InChI is InChI=1S/C13H24N4/c1-3-4-13-11-16(7-5-15-13)9-10-17-8-6-14-12(17)2/h6,8,13,15H,3-5,7,9-11H2,1-2H3. The summed E-state index contributed by atoms with van der Waals surface area (Å²) in [6, 6.07) is 0.692. The van der Waals surface area contributed by atoms with Crippen molar-refractivity contribution in [2.75, 3.05) is 26.2 Å². The fourth-order valence-corrected chi connectivity index (χ4v) is 2.53. The highest BCUT2D eigenvalue weighted by Crippen LogP contribution is 2.05. The van der Waals surface area contributed by atoms with E-state index in [4.69, 9.17) is 0 Å². The van der Waals surface area contributed by atoms with Gasteiger partial charge in [-0.3, -0.25) is 4.90 Å². The van der Waals surface area contributed by atoms with Crippen molar-refractivity contribution >= 4 is 0 Å². The van der Waals surface area contributed by atoms with Crippen LogP contribution in [0.1, 0.15) is 25.6 Å². The Morgan fingerprint density at radius 3 is 3.06 bits per heavy atom. The van der Waals surface area contributed by atoms with Crippen LogP contribution in [0, 0.1) is 6.92 Å². The molecule has 0 aromatic carbocycles. The topological polar surface area (TPSA) is 33.1 Å². The van der Waals surface area contributed by atoms with Crippen LogP contribution >= 0.6 is 0 Å². The maximum atomic E-state index is 4.26. The fraction of sp³-hybridized carbons (Fsp3) is 0.769. The molecular formula is C13H24N4. The van der Waals surface area contributed by atoms with Crippen LogP contribution in [0.3, 0.4) is 0 Å². The molecule has 0 amide bonds. The monoisotopic (exact) mass is 236 g/mol. The summed E-state index contributed by atoms with van der Waals surface area (Å²) >= 11 is 0. The van der Waals surface area contributed by atoms with E-state index in [1.807, 2.05) is 6.20 Å². The Morgan fingerprint density at radius 1 is 1.47 bits per heavy atom. The number of aryl methyl sites for hydroxylation is 1. The molecule has 0 aliphatic carbocycles. The molecule has 1 aliphatic heterocycles. The zero-order valence-corrected chi connectivity index (χ0v) is 11.0. The predicted octanol–water partition coefficient (Wildman–Crippen LogP) is 1.27. The fourth-order valence-electron chi connectivity index (χ4n) is 2.53. The van der Waals surface area contributed by atoms with Crippen molar-refractivity contribution in [3.8, 4) is 0 Å². The lowest BCUT2D eigenvalue weighted by Crippen LogP contribution is -2.51. The zero-order valence-electron chi connectivity index (χ0n) is 11.0. The van der Waals surface area contributed by atoms with Gasteiger partial charge in [-0.1, -0.05) is 13.3 Å². The quantitative estimate of drug-likeness (QED) is 0.835. The highest BCUT2D eigenvalue weighted by molar-refractivity contribution is 4.89. The molecule has 1 aliphatic rings. The lowest BCUT2D eigenvalue weighted by Gasteiger charge is -2.33. The number of piperazine rings is 1. The lowest BCUT2D eigenvalue weighted by molar-refractivity contribution is 0.187. The third-order valence-electron chi connectivity index (χ3n) is 3.56. The Bertz CT molecular complexity index is 332. The second-order valence-electron chi connectivity index (χ2n) is 4.91. The molecule has 96 valence electrons.